The van der Waals surface area contributed by atoms with Crippen molar-refractivity contribution in [2.75, 3.05) is 18.8 Å². The second kappa shape index (κ2) is 4.78. The minimum Gasteiger partial charge on any atom is -0.368 e. The van der Waals surface area contributed by atoms with E-state index < -0.39 is 0 Å². The summed E-state index contributed by atoms with van der Waals surface area (Å²) in [5.74, 6) is 1.21. The zero-order valence-electron chi connectivity index (χ0n) is 10.1. The van der Waals surface area contributed by atoms with Crippen LogP contribution in [0.2, 0.25) is 0 Å². The summed E-state index contributed by atoms with van der Waals surface area (Å²) < 4.78 is 0. The minimum absolute atomic E-state index is 0.405. The summed E-state index contributed by atoms with van der Waals surface area (Å²) >= 11 is 0. The van der Waals surface area contributed by atoms with E-state index in [1.807, 2.05) is 6.92 Å². The van der Waals surface area contributed by atoms with Crippen molar-refractivity contribution in [3.8, 4) is 0 Å². The standard InChI is InChI=1S/C12H20N4/c1-8-9(2)15-12(13)16-11(8)4-3-10-5-6-14-7-10/h10,14H,3-7H2,1-2H3,(H2,13,15,16). The SMILES string of the molecule is Cc1nc(N)nc(CCC2CCNC2)c1C. The highest BCUT2D eigenvalue weighted by Gasteiger charge is 2.15. The number of aromatic nitrogens is 2. The summed E-state index contributed by atoms with van der Waals surface area (Å²) in [4.78, 5) is 8.51. The number of rotatable bonds is 3. The second-order valence-electron chi connectivity index (χ2n) is 4.64. The van der Waals surface area contributed by atoms with Crippen LogP contribution in [0.4, 0.5) is 5.95 Å². The largest absolute Gasteiger partial charge is 0.368 e. The van der Waals surface area contributed by atoms with Gasteiger partial charge in [0.15, 0.2) is 0 Å². The third-order valence-corrected chi connectivity index (χ3v) is 3.46. The molecule has 0 bridgehead atoms. The molecule has 2 heterocycles. The van der Waals surface area contributed by atoms with Crippen molar-refractivity contribution in [1.29, 1.82) is 0 Å². The fourth-order valence-electron chi connectivity index (χ4n) is 2.26. The van der Waals surface area contributed by atoms with E-state index in [9.17, 15) is 0 Å². The summed E-state index contributed by atoms with van der Waals surface area (Å²) in [6.45, 7) is 6.39. The molecule has 1 fully saturated rings. The van der Waals surface area contributed by atoms with E-state index in [0.717, 1.165) is 36.8 Å². The molecule has 4 nitrogen and oxygen atoms in total. The summed E-state index contributed by atoms with van der Waals surface area (Å²) in [5.41, 5.74) is 9.00. The Labute approximate surface area is 96.7 Å². The van der Waals surface area contributed by atoms with Crippen molar-refractivity contribution in [2.45, 2.75) is 33.1 Å². The van der Waals surface area contributed by atoms with E-state index in [4.69, 9.17) is 5.73 Å². The van der Waals surface area contributed by atoms with Crippen LogP contribution in [-0.2, 0) is 6.42 Å². The Hall–Kier alpha value is -1.16. The van der Waals surface area contributed by atoms with E-state index in [0.29, 0.717) is 5.95 Å². The number of nitrogens with zero attached hydrogens (tertiary/aromatic N) is 2. The molecule has 0 aromatic carbocycles. The van der Waals surface area contributed by atoms with Gasteiger partial charge in [0, 0.05) is 11.4 Å². The Morgan fingerprint density at radius 3 is 2.88 bits per heavy atom. The third kappa shape index (κ3) is 2.50. The summed E-state index contributed by atoms with van der Waals surface area (Å²) in [6.07, 6.45) is 3.51. The number of hydrogen-bond acceptors (Lipinski definition) is 4. The Bertz CT molecular complexity index is 370. The molecule has 1 atom stereocenters. The fourth-order valence-corrected chi connectivity index (χ4v) is 2.26. The number of anilines is 1. The molecule has 88 valence electrons. The van der Waals surface area contributed by atoms with E-state index in [-0.39, 0.29) is 0 Å². The van der Waals surface area contributed by atoms with E-state index in [2.05, 4.69) is 22.2 Å². The molecule has 0 aliphatic carbocycles. The van der Waals surface area contributed by atoms with Gasteiger partial charge in [0.1, 0.15) is 0 Å². The average molecular weight is 220 g/mol. The first kappa shape index (κ1) is 11.3. The molecule has 16 heavy (non-hydrogen) atoms. The predicted molar refractivity (Wildman–Crippen MR) is 65.2 cm³/mol. The molecule has 1 unspecified atom stereocenters. The lowest BCUT2D eigenvalue weighted by molar-refractivity contribution is 0.528. The lowest BCUT2D eigenvalue weighted by Crippen LogP contribution is -2.11. The van der Waals surface area contributed by atoms with Gasteiger partial charge in [0.2, 0.25) is 5.95 Å². The van der Waals surface area contributed by atoms with Crippen LogP contribution in [0.3, 0.4) is 0 Å². The Balaban J connectivity index is 2.02. The highest BCUT2D eigenvalue weighted by atomic mass is 15.0. The quantitative estimate of drug-likeness (QED) is 0.804. The van der Waals surface area contributed by atoms with Gasteiger partial charge in [-0.3, -0.25) is 0 Å². The van der Waals surface area contributed by atoms with Gasteiger partial charge in [-0.15, -0.1) is 0 Å². The first-order valence-corrected chi connectivity index (χ1v) is 5.97. The molecule has 0 radical (unpaired) electrons. The van der Waals surface area contributed by atoms with E-state index >= 15 is 0 Å². The van der Waals surface area contributed by atoms with Crippen molar-refractivity contribution < 1.29 is 0 Å². The monoisotopic (exact) mass is 220 g/mol. The van der Waals surface area contributed by atoms with Crippen LogP contribution < -0.4 is 11.1 Å². The lowest BCUT2D eigenvalue weighted by Gasteiger charge is -2.11. The molecule has 1 aromatic heterocycles. The molecule has 4 heteroatoms. The summed E-state index contributed by atoms with van der Waals surface area (Å²) in [7, 11) is 0. The molecule has 1 aromatic rings. The highest BCUT2D eigenvalue weighted by molar-refractivity contribution is 5.30. The Morgan fingerprint density at radius 2 is 2.19 bits per heavy atom. The van der Waals surface area contributed by atoms with Crippen LogP contribution in [-0.4, -0.2) is 23.1 Å². The normalized spacial score (nSPS) is 20.2. The minimum atomic E-state index is 0.405. The molecular formula is C12H20N4. The third-order valence-electron chi connectivity index (χ3n) is 3.46. The number of nitrogens with two attached hydrogens (primary N) is 1. The fraction of sp³-hybridized carbons (Fsp3) is 0.667. The molecule has 3 N–H and O–H groups in total. The topological polar surface area (TPSA) is 63.8 Å². The van der Waals surface area contributed by atoms with Crippen molar-refractivity contribution in [3.63, 3.8) is 0 Å². The number of nitrogens with one attached hydrogen (secondary N) is 1. The van der Waals surface area contributed by atoms with E-state index in [1.54, 1.807) is 0 Å². The van der Waals surface area contributed by atoms with Crippen molar-refractivity contribution >= 4 is 5.95 Å². The maximum atomic E-state index is 5.68. The Kier molecular flexibility index (Phi) is 3.39. The van der Waals surface area contributed by atoms with Gasteiger partial charge in [-0.25, -0.2) is 9.97 Å². The van der Waals surface area contributed by atoms with Gasteiger partial charge in [0.05, 0.1) is 0 Å². The van der Waals surface area contributed by atoms with Gasteiger partial charge in [-0.1, -0.05) is 0 Å². The molecule has 1 aliphatic rings. The maximum absolute atomic E-state index is 5.68. The average Bonchev–Trinajstić information content (AvgIpc) is 2.74. The van der Waals surface area contributed by atoms with Crippen molar-refractivity contribution in [1.82, 2.24) is 15.3 Å². The van der Waals surface area contributed by atoms with Gasteiger partial charge in [-0.2, -0.15) is 0 Å². The van der Waals surface area contributed by atoms with Crippen LogP contribution in [0.1, 0.15) is 29.8 Å². The van der Waals surface area contributed by atoms with Crippen LogP contribution in [0.25, 0.3) is 0 Å². The first-order chi connectivity index (χ1) is 7.66. The van der Waals surface area contributed by atoms with Crippen LogP contribution in [0.5, 0.6) is 0 Å². The smallest absolute Gasteiger partial charge is 0.220 e. The number of hydrogen-bond donors (Lipinski definition) is 2. The molecular weight excluding hydrogens is 200 g/mol. The zero-order valence-corrected chi connectivity index (χ0v) is 10.1. The first-order valence-electron chi connectivity index (χ1n) is 5.97. The van der Waals surface area contributed by atoms with Gasteiger partial charge in [0.25, 0.3) is 0 Å². The second-order valence-corrected chi connectivity index (χ2v) is 4.64. The number of aryl methyl sites for hydroxylation is 2. The predicted octanol–water partition coefficient (Wildman–Crippen LogP) is 1.22. The highest BCUT2D eigenvalue weighted by Crippen LogP contribution is 2.18. The van der Waals surface area contributed by atoms with Gasteiger partial charge in [-0.05, 0) is 57.7 Å². The molecule has 1 aliphatic heterocycles. The molecule has 1 saturated heterocycles. The maximum Gasteiger partial charge on any atom is 0.220 e. The van der Waals surface area contributed by atoms with E-state index in [1.165, 1.54) is 18.4 Å². The van der Waals surface area contributed by atoms with Gasteiger partial charge < -0.3 is 11.1 Å². The van der Waals surface area contributed by atoms with Crippen molar-refractivity contribution in [3.05, 3.63) is 17.0 Å². The molecule has 0 amide bonds. The number of nitrogen functional groups attached to an aromatic ring is 1. The zero-order chi connectivity index (χ0) is 11.5. The molecule has 2 rings (SSSR count). The summed E-state index contributed by atoms with van der Waals surface area (Å²) in [6, 6.07) is 0. The molecule has 0 saturated carbocycles. The summed E-state index contributed by atoms with van der Waals surface area (Å²) in [5, 5.41) is 3.39. The Morgan fingerprint density at radius 1 is 1.38 bits per heavy atom. The van der Waals surface area contributed by atoms with Crippen LogP contribution in [0.15, 0.2) is 0 Å². The van der Waals surface area contributed by atoms with Crippen LogP contribution >= 0.6 is 0 Å². The van der Waals surface area contributed by atoms with Crippen molar-refractivity contribution in [2.24, 2.45) is 5.92 Å². The molecule has 0 spiro atoms. The van der Waals surface area contributed by atoms with Gasteiger partial charge >= 0.3 is 0 Å². The van der Waals surface area contributed by atoms with Crippen LogP contribution in [0, 0.1) is 19.8 Å². The lowest BCUT2D eigenvalue weighted by atomic mass is 9.99.